The molecule has 15 heteroatoms. The van der Waals surface area contributed by atoms with Crippen molar-refractivity contribution in [1.29, 1.82) is 0 Å². The Labute approximate surface area is 260 Å². The molecule has 0 aliphatic carbocycles. The number of carboxylic acid groups (broad SMARTS) is 1. The van der Waals surface area contributed by atoms with Gasteiger partial charge in [-0.25, -0.2) is 14.4 Å². The van der Waals surface area contributed by atoms with Crippen molar-refractivity contribution >= 4 is 53.0 Å². The van der Waals surface area contributed by atoms with Crippen LogP contribution in [0.25, 0.3) is 0 Å². The van der Waals surface area contributed by atoms with Crippen molar-refractivity contribution in [2.24, 2.45) is 0 Å². The second-order valence-electron chi connectivity index (χ2n) is 8.90. The first kappa shape index (κ1) is 33.9. The molecule has 0 saturated carbocycles. The van der Waals surface area contributed by atoms with E-state index in [1.54, 1.807) is 0 Å². The summed E-state index contributed by atoms with van der Waals surface area (Å²) in [6.07, 6.45) is -4.61. The van der Waals surface area contributed by atoms with Crippen LogP contribution in [0.15, 0.2) is 60.7 Å². The van der Waals surface area contributed by atoms with Crippen LogP contribution in [0.1, 0.15) is 34.6 Å². The zero-order valence-corrected chi connectivity index (χ0v) is 24.9. The molecule has 3 aromatic carbocycles. The lowest BCUT2D eigenvalue weighted by atomic mass is 10.1. The number of rotatable bonds is 12. The van der Waals surface area contributed by atoms with Gasteiger partial charge < -0.3 is 38.8 Å². The molecule has 0 bridgehead atoms. The Morgan fingerprint density at radius 2 is 1.11 bits per heavy atom. The average Bonchev–Trinajstić information content (AvgIpc) is 2.99. The van der Waals surface area contributed by atoms with Crippen LogP contribution in [0.2, 0.25) is 5.02 Å². The molecule has 1 amide bonds. The molecule has 3 aromatic rings. The highest BCUT2D eigenvalue weighted by molar-refractivity contribution is 6.30. The van der Waals surface area contributed by atoms with Gasteiger partial charge in [-0.15, -0.1) is 0 Å². The topological polar surface area (TPSA) is 190 Å². The number of esters is 4. The first-order valence-electron chi connectivity index (χ1n) is 12.8. The number of halogens is 1. The number of nitrogens with one attached hydrogen (secondary N) is 1. The quantitative estimate of drug-likeness (QED) is 0.215. The van der Waals surface area contributed by atoms with Gasteiger partial charge in [0, 0.05) is 24.6 Å². The summed E-state index contributed by atoms with van der Waals surface area (Å²) in [7, 11) is 2.48. The highest BCUT2D eigenvalue weighted by atomic mass is 35.5. The molecule has 2 N–H and O–H groups in total. The molecule has 2 atom stereocenters. The van der Waals surface area contributed by atoms with Crippen molar-refractivity contribution < 1.29 is 62.3 Å². The minimum atomic E-state index is -2.37. The molecule has 0 spiro atoms. The summed E-state index contributed by atoms with van der Waals surface area (Å²) in [5.74, 6) is -6.94. The van der Waals surface area contributed by atoms with Crippen LogP contribution < -0.4 is 24.3 Å². The van der Waals surface area contributed by atoms with Crippen molar-refractivity contribution in [3.63, 3.8) is 0 Å². The maximum atomic E-state index is 13.3. The molecular formula is C30H26ClNO13. The van der Waals surface area contributed by atoms with Gasteiger partial charge in [0.1, 0.15) is 0 Å². The summed E-state index contributed by atoms with van der Waals surface area (Å²) in [4.78, 5) is 74.6. The molecule has 0 fully saturated rings. The molecule has 0 aliphatic heterocycles. The minimum Gasteiger partial charge on any atom is -0.493 e. The number of carbonyl (C=O) groups is 6. The predicted molar refractivity (Wildman–Crippen MR) is 155 cm³/mol. The van der Waals surface area contributed by atoms with E-state index in [0.29, 0.717) is 5.02 Å². The number of amides is 1. The minimum absolute atomic E-state index is 0.0222. The zero-order chi connectivity index (χ0) is 33.3. The second kappa shape index (κ2) is 15.2. The largest absolute Gasteiger partial charge is 0.493 e. The van der Waals surface area contributed by atoms with Gasteiger partial charge in [0.2, 0.25) is 12.2 Å². The summed E-state index contributed by atoms with van der Waals surface area (Å²) in [6.45, 7) is 2.31. The molecule has 0 unspecified atom stereocenters. The van der Waals surface area contributed by atoms with Crippen molar-refractivity contribution in [2.45, 2.75) is 26.1 Å². The number of hydrogen-bond donors (Lipinski definition) is 2. The summed E-state index contributed by atoms with van der Waals surface area (Å²) >= 11 is 5.89. The Morgan fingerprint density at radius 1 is 0.667 bits per heavy atom. The first-order valence-corrected chi connectivity index (χ1v) is 13.1. The van der Waals surface area contributed by atoms with Crippen molar-refractivity contribution in [3.05, 3.63) is 76.8 Å². The summed E-state index contributed by atoms with van der Waals surface area (Å²) in [5, 5.41) is 12.7. The van der Waals surface area contributed by atoms with Gasteiger partial charge in [-0.05, 0) is 60.7 Å². The van der Waals surface area contributed by atoms with Crippen LogP contribution in [0.3, 0.4) is 0 Å². The van der Waals surface area contributed by atoms with E-state index in [9.17, 15) is 33.9 Å². The fourth-order valence-corrected chi connectivity index (χ4v) is 3.80. The second-order valence-corrected chi connectivity index (χ2v) is 9.34. The summed E-state index contributed by atoms with van der Waals surface area (Å²) < 4.78 is 30.7. The van der Waals surface area contributed by atoms with Crippen LogP contribution in [0.5, 0.6) is 23.0 Å². The average molecular weight is 644 g/mol. The number of aliphatic carboxylic acids is 1. The van der Waals surface area contributed by atoms with Crippen LogP contribution in [-0.4, -0.2) is 67.3 Å². The van der Waals surface area contributed by atoms with Crippen molar-refractivity contribution in [2.75, 3.05) is 19.5 Å². The van der Waals surface area contributed by atoms with Crippen molar-refractivity contribution in [3.8, 4) is 23.0 Å². The third-order valence-corrected chi connectivity index (χ3v) is 5.91. The Balaban J connectivity index is 1.96. The lowest BCUT2D eigenvalue weighted by Crippen LogP contribution is -2.48. The Hall–Kier alpha value is -5.63. The SMILES string of the molecule is COc1cc(C(=O)O[C@H](C(=O)Nc2ccc(Cl)cc2)[C@@H](OC(=O)c2ccc(OC(C)=O)c(OC)c2)C(=O)O)ccc1OC(C)=O. The van der Waals surface area contributed by atoms with Crippen LogP contribution in [0.4, 0.5) is 5.69 Å². The molecular weight excluding hydrogens is 618 g/mol. The fourth-order valence-electron chi connectivity index (χ4n) is 3.68. The maximum absolute atomic E-state index is 13.3. The summed E-state index contributed by atoms with van der Waals surface area (Å²) in [6, 6.07) is 12.7. The standard InChI is InChI=1S/C30H26ClNO13/c1-15(33)42-21-11-5-17(13-23(21)40-3)29(38)44-25(27(35)32-20-9-7-19(31)8-10-20)26(28(36)37)45-30(39)18-6-12-22(43-16(2)34)24(14-18)41-4/h5-14,25-26H,1-4H3,(H,32,35)(H,36,37)/t25-,26+/m0/s1. The van der Waals surface area contributed by atoms with E-state index < -0.39 is 48.0 Å². The molecule has 0 heterocycles. The van der Waals surface area contributed by atoms with Crippen molar-refractivity contribution in [1.82, 2.24) is 0 Å². The number of methoxy groups -OCH3 is 2. The van der Waals surface area contributed by atoms with Crippen LogP contribution >= 0.6 is 11.6 Å². The maximum Gasteiger partial charge on any atom is 0.349 e. The molecule has 14 nitrogen and oxygen atoms in total. The number of ether oxygens (including phenoxy) is 6. The van der Waals surface area contributed by atoms with E-state index in [1.807, 2.05) is 0 Å². The van der Waals surface area contributed by atoms with Gasteiger partial charge in [-0.1, -0.05) is 11.6 Å². The Kier molecular flexibility index (Phi) is 11.4. The summed E-state index contributed by atoms with van der Waals surface area (Å²) in [5.41, 5.74) is -0.324. The van der Waals surface area contributed by atoms with Gasteiger partial charge in [0.05, 0.1) is 25.3 Å². The van der Waals surface area contributed by atoms with E-state index in [4.69, 9.17) is 40.0 Å². The van der Waals surface area contributed by atoms with Crippen LogP contribution in [0, 0.1) is 0 Å². The smallest absolute Gasteiger partial charge is 0.349 e. The lowest BCUT2D eigenvalue weighted by molar-refractivity contribution is -0.157. The van der Waals surface area contributed by atoms with E-state index >= 15 is 0 Å². The lowest BCUT2D eigenvalue weighted by Gasteiger charge is -2.24. The van der Waals surface area contributed by atoms with Gasteiger partial charge in [-0.3, -0.25) is 14.4 Å². The van der Waals surface area contributed by atoms with E-state index in [1.165, 1.54) is 56.7 Å². The van der Waals surface area contributed by atoms with Gasteiger partial charge in [0.15, 0.2) is 23.0 Å². The number of benzene rings is 3. The number of carbonyl (C=O) groups excluding carboxylic acids is 5. The number of hydrogen-bond acceptors (Lipinski definition) is 12. The Morgan fingerprint density at radius 3 is 1.51 bits per heavy atom. The fraction of sp³-hybridized carbons (Fsp3) is 0.200. The molecule has 0 radical (unpaired) electrons. The predicted octanol–water partition coefficient (Wildman–Crippen LogP) is 3.68. The highest BCUT2D eigenvalue weighted by Crippen LogP contribution is 2.30. The van der Waals surface area contributed by atoms with E-state index in [-0.39, 0.29) is 39.8 Å². The molecule has 3 rings (SSSR count). The molecule has 236 valence electrons. The highest BCUT2D eigenvalue weighted by Gasteiger charge is 2.41. The third-order valence-electron chi connectivity index (χ3n) is 5.66. The zero-order valence-electron chi connectivity index (χ0n) is 24.2. The van der Waals surface area contributed by atoms with Gasteiger partial charge in [0.25, 0.3) is 5.91 Å². The van der Waals surface area contributed by atoms with Gasteiger partial charge in [-0.2, -0.15) is 0 Å². The molecule has 0 aromatic heterocycles. The monoisotopic (exact) mass is 643 g/mol. The third kappa shape index (κ3) is 9.18. The first-order chi connectivity index (χ1) is 21.3. The van der Waals surface area contributed by atoms with Gasteiger partial charge >= 0.3 is 29.8 Å². The molecule has 45 heavy (non-hydrogen) atoms. The normalized spacial score (nSPS) is 11.7. The Bertz CT molecular complexity index is 1620. The number of carboxylic acids is 1. The molecule has 0 saturated heterocycles. The van der Waals surface area contributed by atoms with Crippen LogP contribution in [-0.2, 0) is 28.7 Å². The van der Waals surface area contributed by atoms with E-state index in [0.717, 1.165) is 32.0 Å². The number of anilines is 1. The van der Waals surface area contributed by atoms with E-state index in [2.05, 4.69) is 5.32 Å². The molecule has 0 aliphatic rings.